The molecule has 102 valence electrons. The summed E-state index contributed by atoms with van der Waals surface area (Å²) in [6.45, 7) is 0.588. The highest BCUT2D eigenvalue weighted by molar-refractivity contribution is 9.10. The molecule has 0 saturated carbocycles. The van der Waals surface area contributed by atoms with E-state index >= 15 is 0 Å². The van der Waals surface area contributed by atoms with E-state index in [0.29, 0.717) is 16.7 Å². The van der Waals surface area contributed by atoms with Gasteiger partial charge in [-0.25, -0.2) is 8.42 Å². The van der Waals surface area contributed by atoms with Gasteiger partial charge in [-0.2, -0.15) is 0 Å². The summed E-state index contributed by atoms with van der Waals surface area (Å²) in [7, 11) is -1.77. The molecule has 2 rings (SSSR count). The van der Waals surface area contributed by atoms with Crippen LogP contribution in [0, 0.1) is 0 Å². The second-order valence-corrected chi connectivity index (χ2v) is 6.51. The van der Waals surface area contributed by atoms with Crippen molar-refractivity contribution in [1.29, 1.82) is 0 Å². The van der Waals surface area contributed by atoms with Gasteiger partial charge in [0.05, 0.1) is 5.69 Å². The first-order chi connectivity index (χ1) is 9.03. The molecule has 0 radical (unpaired) electrons. The van der Waals surface area contributed by atoms with Gasteiger partial charge in [0.15, 0.2) is 0 Å². The second-order valence-electron chi connectivity index (χ2n) is 3.98. The number of aromatic nitrogens is 1. The van der Waals surface area contributed by atoms with Crippen molar-refractivity contribution in [3.8, 4) is 0 Å². The molecule has 0 aliphatic carbocycles. The number of H-pyrrole nitrogens is 1. The van der Waals surface area contributed by atoms with Crippen molar-refractivity contribution in [1.82, 2.24) is 10.3 Å². The molecule has 0 amide bonds. The standard InChI is InChI=1S/C12H14BrN3O2S/c1-14-7-9-6-10(8-15-9)19(17,18)16-12-5-3-2-4-11(12)13/h2-6,8,14-16H,7H2,1H3. The molecule has 3 N–H and O–H groups in total. The minimum Gasteiger partial charge on any atom is -0.363 e. The maximum atomic E-state index is 12.2. The Morgan fingerprint density at radius 1 is 1.32 bits per heavy atom. The lowest BCUT2D eigenvalue weighted by atomic mass is 10.3. The first-order valence-corrected chi connectivity index (χ1v) is 7.90. The Kier molecular flexibility index (Phi) is 4.28. The van der Waals surface area contributed by atoms with Gasteiger partial charge in [-0.1, -0.05) is 12.1 Å². The van der Waals surface area contributed by atoms with Crippen molar-refractivity contribution in [2.75, 3.05) is 11.8 Å². The van der Waals surface area contributed by atoms with Gasteiger partial charge >= 0.3 is 0 Å². The number of aromatic amines is 1. The molecule has 5 nitrogen and oxygen atoms in total. The minimum absolute atomic E-state index is 0.216. The van der Waals surface area contributed by atoms with E-state index in [2.05, 4.69) is 31.0 Å². The molecule has 0 saturated heterocycles. The lowest BCUT2D eigenvalue weighted by molar-refractivity contribution is 0.601. The van der Waals surface area contributed by atoms with Crippen molar-refractivity contribution >= 4 is 31.6 Å². The van der Waals surface area contributed by atoms with Gasteiger partial charge in [0.2, 0.25) is 0 Å². The molecule has 0 aliphatic heterocycles. The Bertz CT molecular complexity index is 667. The molecule has 0 bridgehead atoms. The number of para-hydroxylation sites is 1. The average Bonchev–Trinajstić information content (AvgIpc) is 2.82. The van der Waals surface area contributed by atoms with Gasteiger partial charge in [0, 0.05) is 22.9 Å². The molecule has 1 heterocycles. The Morgan fingerprint density at radius 2 is 2.05 bits per heavy atom. The zero-order chi connectivity index (χ0) is 13.9. The Labute approximate surface area is 120 Å². The third kappa shape index (κ3) is 3.37. The third-order valence-corrected chi connectivity index (χ3v) is 4.55. The number of anilines is 1. The molecule has 7 heteroatoms. The van der Waals surface area contributed by atoms with Crippen LogP contribution in [0.15, 0.2) is 45.9 Å². The summed E-state index contributed by atoms with van der Waals surface area (Å²) in [6, 6.07) is 8.68. The van der Waals surface area contributed by atoms with Crippen molar-refractivity contribution < 1.29 is 8.42 Å². The normalized spacial score (nSPS) is 11.5. The summed E-state index contributed by atoms with van der Waals surface area (Å²) >= 11 is 3.31. The summed E-state index contributed by atoms with van der Waals surface area (Å²) in [5, 5.41) is 2.95. The van der Waals surface area contributed by atoms with E-state index in [1.165, 1.54) is 6.20 Å². The van der Waals surface area contributed by atoms with E-state index in [4.69, 9.17) is 0 Å². The van der Waals surface area contributed by atoms with Crippen LogP contribution in [0.3, 0.4) is 0 Å². The average molecular weight is 344 g/mol. The van der Waals surface area contributed by atoms with E-state index in [1.807, 2.05) is 6.07 Å². The van der Waals surface area contributed by atoms with E-state index in [-0.39, 0.29) is 4.90 Å². The van der Waals surface area contributed by atoms with Crippen LogP contribution in [0.2, 0.25) is 0 Å². The Hall–Kier alpha value is -1.31. The van der Waals surface area contributed by atoms with Gasteiger partial charge in [-0.3, -0.25) is 4.72 Å². The lowest BCUT2D eigenvalue weighted by Gasteiger charge is -2.07. The molecule has 0 atom stereocenters. The molecule has 0 fully saturated rings. The van der Waals surface area contributed by atoms with Crippen molar-refractivity contribution in [3.63, 3.8) is 0 Å². The molecule has 19 heavy (non-hydrogen) atoms. The first kappa shape index (κ1) is 14.1. The predicted molar refractivity (Wildman–Crippen MR) is 78.5 cm³/mol. The van der Waals surface area contributed by atoms with Gasteiger partial charge in [0.25, 0.3) is 10.0 Å². The predicted octanol–water partition coefficient (Wildman–Crippen LogP) is 2.30. The summed E-state index contributed by atoms with van der Waals surface area (Å²) in [4.78, 5) is 3.14. The van der Waals surface area contributed by atoms with Crippen LogP contribution in [-0.2, 0) is 16.6 Å². The monoisotopic (exact) mass is 343 g/mol. The van der Waals surface area contributed by atoms with Gasteiger partial charge in [0.1, 0.15) is 4.90 Å². The fraction of sp³-hybridized carbons (Fsp3) is 0.167. The SMILES string of the molecule is CNCc1cc(S(=O)(=O)Nc2ccccc2Br)c[nH]1. The first-order valence-electron chi connectivity index (χ1n) is 5.62. The fourth-order valence-electron chi connectivity index (χ4n) is 1.61. The molecule has 0 aliphatic rings. The molecule has 1 aromatic heterocycles. The largest absolute Gasteiger partial charge is 0.363 e. The molecular formula is C12H14BrN3O2S. The number of hydrogen-bond acceptors (Lipinski definition) is 3. The summed E-state index contributed by atoms with van der Waals surface area (Å²) in [6.07, 6.45) is 1.48. The van der Waals surface area contributed by atoms with Crippen molar-refractivity contribution in [2.24, 2.45) is 0 Å². The minimum atomic E-state index is -3.57. The number of benzene rings is 1. The molecular weight excluding hydrogens is 330 g/mol. The smallest absolute Gasteiger partial charge is 0.263 e. The second kappa shape index (κ2) is 5.77. The van der Waals surface area contributed by atoms with Crippen LogP contribution in [-0.4, -0.2) is 20.4 Å². The Balaban J connectivity index is 2.25. The van der Waals surface area contributed by atoms with Crippen LogP contribution >= 0.6 is 15.9 Å². The summed E-state index contributed by atoms with van der Waals surface area (Å²) in [5.74, 6) is 0. The van der Waals surface area contributed by atoms with Gasteiger partial charge < -0.3 is 10.3 Å². The Morgan fingerprint density at radius 3 is 2.74 bits per heavy atom. The summed E-state index contributed by atoms with van der Waals surface area (Å²) < 4.78 is 27.6. The van der Waals surface area contributed by atoms with Crippen LogP contribution in [0.25, 0.3) is 0 Å². The maximum absolute atomic E-state index is 12.2. The highest BCUT2D eigenvalue weighted by atomic mass is 79.9. The van der Waals surface area contributed by atoms with Gasteiger partial charge in [-0.05, 0) is 41.2 Å². The summed E-state index contributed by atoms with van der Waals surface area (Å²) in [5.41, 5.74) is 1.33. The van der Waals surface area contributed by atoms with Crippen molar-refractivity contribution in [2.45, 2.75) is 11.4 Å². The zero-order valence-corrected chi connectivity index (χ0v) is 12.7. The molecule has 1 aromatic carbocycles. The number of nitrogens with one attached hydrogen (secondary N) is 3. The lowest BCUT2D eigenvalue weighted by Crippen LogP contribution is -2.12. The van der Waals surface area contributed by atoms with E-state index in [9.17, 15) is 8.42 Å². The van der Waals surface area contributed by atoms with Crippen LogP contribution in [0.1, 0.15) is 5.69 Å². The van der Waals surface area contributed by atoms with E-state index in [1.54, 1.807) is 31.3 Å². The van der Waals surface area contributed by atoms with E-state index < -0.39 is 10.0 Å². The number of halogens is 1. The number of sulfonamides is 1. The van der Waals surface area contributed by atoms with Crippen LogP contribution in [0.4, 0.5) is 5.69 Å². The molecule has 0 unspecified atom stereocenters. The molecule has 0 spiro atoms. The topological polar surface area (TPSA) is 74.0 Å². The van der Waals surface area contributed by atoms with Gasteiger partial charge in [-0.15, -0.1) is 0 Å². The van der Waals surface area contributed by atoms with E-state index in [0.717, 1.165) is 5.69 Å². The third-order valence-electron chi connectivity index (χ3n) is 2.51. The van der Waals surface area contributed by atoms with Crippen molar-refractivity contribution in [3.05, 3.63) is 46.7 Å². The fourth-order valence-corrected chi connectivity index (χ4v) is 3.23. The van der Waals surface area contributed by atoms with Crippen LogP contribution in [0.5, 0.6) is 0 Å². The highest BCUT2D eigenvalue weighted by Crippen LogP contribution is 2.24. The number of hydrogen-bond donors (Lipinski definition) is 3. The quantitative estimate of drug-likeness (QED) is 0.779. The maximum Gasteiger partial charge on any atom is 0.263 e. The number of rotatable bonds is 5. The highest BCUT2D eigenvalue weighted by Gasteiger charge is 2.17. The van der Waals surface area contributed by atoms with Crippen LogP contribution < -0.4 is 10.0 Å². The zero-order valence-electron chi connectivity index (χ0n) is 10.3. The molecule has 2 aromatic rings.